The van der Waals surface area contributed by atoms with E-state index >= 15 is 0 Å². The molecule has 27 heavy (non-hydrogen) atoms. The Bertz CT molecular complexity index is 877. The molecule has 1 aliphatic rings. The van der Waals surface area contributed by atoms with Crippen LogP contribution in [0.1, 0.15) is 23.7 Å². The third-order valence-electron chi connectivity index (χ3n) is 4.11. The van der Waals surface area contributed by atoms with Crippen LogP contribution in [0.4, 0.5) is 17.6 Å². The van der Waals surface area contributed by atoms with Crippen LogP contribution in [0.5, 0.6) is 0 Å². The summed E-state index contributed by atoms with van der Waals surface area (Å²) in [6, 6.07) is 4.78. The van der Waals surface area contributed by atoms with E-state index in [2.05, 4.69) is 4.98 Å². The van der Waals surface area contributed by atoms with Gasteiger partial charge in [-0.15, -0.1) is 0 Å². The van der Waals surface area contributed by atoms with Crippen LogP contribution in [0.25, 0.3) is 6.08 Å². The highest BCUT2D eigenvalue weighted by molar-refractivity contribution is 5.86. The number of epoxide rings is 1. The van der Waals surface area contributed by atoms with Crippen LogP contribution in [-0.2, 0) is 25.8 Å². The number of carbonyl (C=O) groups excluding carboxylic acids is 1. The van der Waals surface area contributed by atoms with Crippen LogP contribution < -0.4 is 0 Å². The second-order valence-corrected chi connectivity index (χ2v) is 5.88. The predicted molar refractivity (Wildman–Crippen MR) is 87.8 cm³/mol. The van der Waals surface area contributed by atoms with Gasteiger partial charge in [-0.05, 0) is 36.8 Å². The van der Waals surface area contributed by atoms with Crippen LogP contribution in [0.3, 0.4) is 0 Å². The Balaban J connectivity index is 1.85. The fraction of sp³-hybridized carbons (Fsp3) is 0.263. The standard InChI is InChI=1S/C19H15F4NO3/c1-2-26-17(25)8-4-12-3-7-16(24-10-12)19(22,23)18(11-27-18)14-6-5-13(20)9-15(14)21/h3-10H,2,11H2,1H3. The molecule has 0 amide bonds. The second kappa shape index (κ2) is 7.11. The number of hydrogen-bond donors (Lipinski definition) is 0. The van der Waals surface area contributed by atoms with Crippen molar-refractivity contribution >= 4 is 12.0 Å². The Kier molecular flexibility index (Phi) is 5.01. The van der Waals surface area contributed by atoms with E-state index in [1.807, 2.05) is 0 Å². The van der Waals surface area contributed by atoms with Crippen molar-refractivity contribution in [1.82, 2.24) is 4.98 Å². The second-order valence-electron chi connectivity index (χ2n) is 5.88. The van der Waals surface area contributed by atoms with E-state index in [4.69, 9.17) is 9.47 Å². The SMILES string of the molecule is CCOC(=O)C=Cc1ccc(C(F)(F)C2(c3ccc(F)cc3F)CO2)nc1. The summed E-state index contributed by atoms with van der Waals surface area (Å²) in [6.45, 7) is 1.45. The Labute approximate surface area is 152 Å². The summed E-state index contributed by atoms with van der Waals surface area (Å²) in [4.78, 5) is 15.0. The molecule has 1 atom stereocenters. The summed E-state index contributed by atoms with van der Waals surface area (Å²) in [5.74, 6) is -6.19. The Morgan fingerprint density at radius 1 is 1.33 bits per heavy atom. The van der Waals surface area contributed by atoms with Crippen molar-refractivity contribution in [1.29, 1.82) is 0 Å². The molecule has 3 rings (SSSR count). The highest BCUT2D eigenvalue weighted by Crippen LogP contribution is 2.56. The van der Waals surface area contributed by atoms with Gasteiger partial charge in [-0.1, -0.05) is 6.07 Å². The summed E-state index contributed by atoms with van der Waals surface area (Å²) in [6.07, 6.45) is 3.67. The zero-order valence-electron chi connectivity index (χ0n) is 14.2. The van der Waals surface area contributed by atoms with Crippen molar-refractivity contribution in [3.8, 4) is 0 Å². The smallest absolute Gasteiger partial charge is 0.330 e. The van der Waals surface area contributed by atoms with Gasteiger partial charge in [0.2, 0.25) is 0 Å². The maximum absolute atomic E-state index is 15.0. The lowest BCUT2D eigenvalue weighted by molar-refractivity contribution is -0.137. The third kappa shape index (κ3) is 3.57. The van der Waals surface area contributed by atoms with Gasteiger partial charge in [0.25, 0.3) is 0 Å². The molecule has 0 aliphatic carbocycles. The number of rotatable bonds is 6. The average molecular weight is 381 g/mol. The van der Waals surface area contributed by atoms with E-state index in [1.165, 1.54) is 12.1 Å². The first-order valence-corrected chi connectivity index (χ1v) is 8.09. The van der Waals surface area contributed by atoms with Crippen molar-refractivity contribution in [2.45, 2.75) is 18.4 Å². The molecule has 0 radical (unpaired) electrons. The minimum atomic E-state index is -3.64. The van der Waals surface area contributed by atoms with Gasteiger partial charge in [0.1, 0.15) is 17.3 Å². The van der Waals surface area contributed by atoms with Crippen LogP contribution in [0, 0.1) is 11.6 Å². The summed E-state index contributed by atoms with van der Waals surface area (Å²) in [7, 11) is 0. The zero-order chi connectivity index (χ0) is 19.7. The molecule has 8 heteroatoms. The van der Waals surface area contributed by atoms with E-state index in [0.717, 1.165) is 30.5 Å². The first-order chi connectivity index (χ1) is 12.8. The lowest BCUT2D eigenvalue weighted by Gasteiger charge is -2.24. The predicted octanol–water partition coefficient (Wildman–Crippen LogP) is 3.95. The molecule has 1 saturated heterocycles. The number of nitrogens with zero attached hydrogens (tertiary/aromatic N) is 1. The van der Waals surface area contributed by atoms with E-state index in [9.17, 15) is 22.4 Å². The quantitative estimate of drug-likeness (QED) is 0.329. The minimum Gasteiger partial charge on any atom is -0.463 e. The monoisotopic (exact) mass is 381 g/mol. The van der Waals surface area contributed by atoms with Crippen molar-refractivity contribution in [2.75, 3.05) is 13.2 Å². The van der Waals surface area contributed by atoms with E-state index in [0.29, 0.717) is 11.6 Å². The molecule has 2 aromatic rings. The van der Waals surface area contributed by atoms with Crippen LogP contribution in [0.2, 0.25) is 0 Å². The number of carbonyl (C=O) groups is 1. The van der Waals surface area contributed by atoms with Gasteiger partial charge in [0.05, 0.1) is 13.2 Å². The molecule has 2 heterocycles. The van der Waals surface area contributed by atoms with Gasteiger partial charge in [0, 0.05) is 23.9 Å². The van der Waals surface area contributed by atoms with Crippen molar-refractivity contribution in [3.05, 3.63) is 71.1 Å². The highest BCUT2D eigenvalue weighted by atomic mass is 19.3. The largest absolute Gasteiger partial charge is 0.463 e. The van der Waals surface area contributed by atoms with Gasteiger partial charge in [0.15, 0.2) is 5.60 Å². The first kappa shape index (κ1) is 19.0. The van der Waals surface area contributed by atoms with Gasteiger partial charge >= 0.3 is 11.9 Å². The number of pyridine rings is 1. The van der Waals surface area contributed by atoms with Crippen LogP contribution in [-0.4, -0.2) is 24.2 Å². The molecule has 1 fully saturated rings. The van der Waals surface area contributed by atoms with E-state index < -0.39 is 47.0 Å². The molecular formula is C19H15F4NO3. The molecule has 1 aromatic carbocycles. The lowest BCUT2D eigenvalue weighted by Crippen LogP contribution is -2.34. The van der Waals surface area contributed by atoms with Crippen LogP contribution in [0.15, 0.2) is 42.6 Å². The average Bonchev–Trinajstić information content (AvgIpc) is 3.43. The summed E-state index contributed by atoms with van der Waals surface area (Å²) in [5, 5.41) is 0. The zero-order valence-corrected chi connectivity index (χ0v) is 14.2. The summed E-state index contributed by atoms with van der Waals surface area (Å²) in [5.41, 5.74) is -2.87. The fourth-order valence-corrected chi connectivity index (χ4v) is 2.65. The normalized spacial score (nSPS) is 19.3. The number of benzene rings is 1. The van der Waals surface area contributed by atoms with Crippen molar-refractivity contribution in [3.63, 3.8) is 0 Å². The highest BCUT2D eigenvalue weighted by Gasteiger charge is 2.68. The summed E-state index contributed by atoms with van der Waals surface area (Å²) < 4.78 is 66.7. The molecular weight excluding hydrogens is 366 g/mol. The molecule has 1 aromatic heterocycles. The summed E-state index contributed by atoms with van der Waals surface area (Å²) >= 11 is 0. The number of halogens is 4. The molecule has 0 N–H and O–H groups in total. The maximum Gasteiger partial charge on any atom is 0.330 e. The number of aromatic nitrogens is 1. The third-order valence-corrected chi connectivity index (χ3v) is 4.11. The topological polar surface area (TPSA) is 51.7 Å². The van der Waals surface area contributed by atoms with E-state index in [-0.39, 0.29) is 6.61 Å². The Morgan fingerprint density at radius 2 is 2.07 bits per heavy atom. The van der Waals surface area contributed by atoms with E-state index in [1.54, 1.807) is 6.92 Å². The van der Waals surface area contributed by atoms with Gasteiger partial charge in [-0.25, -0.2) is 13.6 Å². The number of ether oxygens (including phenoxy) is 2. The van der Waals surface area contributed by atoms with Gasteiger partial charge in [-0.3, -0.25) is 4.98 Å². The molecule has 142 valence electrons. The van der Waals surface area contributed by atoms with Gasteiger partial charge < -0.3 is 9.47 Å². The number of alkyl halides is 2. The van der Waals surface area contributed by atoms with Crippen molar-refractivity contribution in [2.24, 2.45) is 0 Å². The molecule has 1 aliphatic heterocycles. The van der Waals surface area contributed by atoms with Crippen LogP contribution >= 0.6 is 0 Å². The lowest BCUT2D eigenvalue weighted by atomic mass is 9.90. The molecule has 4 nitrogen and oxygen atoms in total. The maximum atomic E-state index is 15.0. The molecule has 0 saturated carbocycles. The fourth-order valence-electron chi connectivity index (χ4n) is 2.65. The van der Waals surface area contributed by atoms with Gasteiger partial charge in [-0.2, -0.15) is 8.78 Å². The number of esters is 1. The first-order valence-electron chi connectivity index (χ1n) is 8.09. The number of hydrogen-bond acceptors (Lipinski definition) is 4. The Hall–Kier alpha value is -2.74. The minimum absolute atomic E-state index is 0.217. The molecule has 0 bridgehead atoms. The Morgan fingerprint density at radius 3 is 2.63 bits per heavy atom. The van der Waals surface area contributed by atoms with Crippen molar-refractivity contribution < 1.29 is 31.8 Å². The molecule has 1 unspecified atom stereocenters. The molecule has 0 spiro atoms.